The van der Waals surface area contributed by atoms with Gasteiger partial charge in [-0.3, -0.25) is 14.9 Å². The first-order chi connectivity index (χ1) is 15.1. The third-order valence-corrected chi connectivity index (χ3v) is 5.87. The van der Waals surface area contributed by atoms with Crippen LogP contribution in [0.25, 0.3) is 0 Å². The van der Waals surface area contributed by atoms with Gasteiger partial charge in [0.2, 0.25) is 11.8 Å². The van der Waals surface area contributed by atoms with Crippen molar-refractivity contribution in [3.05, 3.63) is 71.8 Å². The van der Waals surface area contributed by atoms with Gasteiger partial charge in [-0.1, -0.05) is 60.7 Å². The Kier molecular flexibility index (Phi) is 7.23. The molecule has 0 spiro atoms. The smallest absolute Gasteiger partial charge is 0.338 e. The van der Waals surface area contributed by atoms with Gasteiger partial charge < -0.3 is 9.80 Å². The third kappa shape index (κ3) is 5.48. The molecule has 8 heteroatoms. The Balaban J connectivity index is 1.55. The van der Waals surface area contributed by atoms with Crippen molar-refractivity contribution in [1.82, 2.24) is 15.1 Å². The van der Waals surface area contributed by atoms with Crippen LogP contribution in [0.4, 0.5) is 13.2 Å². The number of carbonyl (C=O) groups excluding carboxylic acids is 2. The van der Waals surface area contributed by atoms with Gasteiger partial charge in [0.15, 0.2) is 0 Å². The van der Waals surface area contributed by atoms with Gasteiger partial charge in [0.25, 0.3) is 0 Å². The number of rotatable bonds is 6. The van der Waals surface area contributed by atoms with Gasteiger partial charge in [-0.25, -0.2) is 0 Å². The summed E-state index contributed by atoms with van der Waals surface area (Å²) in [4.78, 5) is 28.8. The maximum atomic E-state index is 13.5. The number of piperazine rings is 1. The van der Waals surface area contributed by atoms with Crippen LogP contribution in [0.5, 0.6) is 0 Å². The SMILES string of the molecule is CC(C)(C(=O)N1CCN(C(=O)CNC(c2ccccc2)C(F)(F)F)CC1)c1ccccc1. The normalized spacial score (nSPS) is 16.0. The molecule has 1 N–H and O–H groups in total. The minimum absolute atomic E-state index is 0.0323. The molecule has 1 atom stereocenters. The predicted molar refractivity (Wildman–Crippen MR) is 116 cm³/mol. The van der Waals surface area contributed by atoms with Crippen LogP contribution in [0.15, 0.2) is 60.7 Å². The van der Waals surface area contributed by atoms with Gasteiger partial charge in [0, 0.05) is 26.2 Å². The molecule has 0 bridgehead atoms. The number of halogens is 3. The molecule has 32 heavy (non-hydrogen) atoms. The van der Waals surface area contributed by atoms with E-state index < -0.39 is 30.1 Å². The van der Waals surface area contributed by atoms with Crippen LogP contribution < -0.4 is 5.32 Å². The van der Waals surface area contributed by atoms with Crippen molar-refractivity contribution in [3.8, 4) is 0 Å². The maximum absolute atomic E-state index is 13.5. The van der Waals surface area contributed by atoms with Crippen molar-refractivity contribution >= 4 is 11.8 Å². The summed E-state index contributed by atoms with van der Waals surface area (Å²) in [6.07, 6.45) is -4.52. The second-order valence-electron chi connectivity index (χ2n) is 8.43. The van der Waals surface area contributed by atoms with E-state index in [1.54, 1.807) is 11.0 Å². The molecule has 1 heterocycles. The average Bonchev–Trinajstić information content (AvgIpc) is 2.79. The largest absolute Gasteiger partial charge is 0.407 e. The molecule has 2 aromatic carbocycles. The van der Waals surface area contributed by atoms with Crippen LogP contribution in [0.2, 0.25) is 0 Å². The average molecular weight is 448 g/mol. The Morgan fingerprint density at radius 1 is 0.875 bits per heavy atom. The molecule has 1 saturated heterocycles. The van der Waals surface area contributed by atoms with Crippen LogP contribution in [0.3, 0.4) is 0 Å². The van der Waals surface area contributed by atoms with E-state index in [9.17, 15) is 22.8 Å². The summed E-state index contributed by atoms with van der Waals surface area (Å²) >= 11 is 0. The Morgan fingerprint density at radius 3 is 1.91 bits per heavy atom. The molecule has 1 aliphatic heterocycles. The zero-order valence-corrected chi connectivity index (χ0v) is 18.2. The molecule has 2 aromatic rings. The topological polar surface area (TPSA) is 52.7 Å². The molecule has 0 saturated carbocycles. The number of hydrogen-bond acceptors (Lipinski definition) is 3. The van der Waals surface area contributed by atoms with E-state index in [1.165, 1.54) is 29.2 Å². The summed E-state index contributed by atoms with van der Waals surface area (Å²) in [5, 5.41) is 2.36. The molecule has 172 valence electrons. The number of nitrogens with one attached hydrogen (secondary N) is 1. The molecule has 1 fully saturated rings. The van der Waals surface area contributed by atoms with Crippen molar-refractivity contribution in [1.29, 1.82) is 0 Å². The van der Waals surface area contributed by atoms with E-state index in [4.69, 9.17) is 0 Å². The minimum Gasteiger partial charge on any atom is -0.338 e. The van der Waals surface area contributed by atoms with Crippen LogP contribution in [-0.4, -0.2) is 60.5 Å². The highest BCUT2D eigenvalue weighted by molar-refractivity contribution is 5.87. The molecule has 0 aliphatic carbocycles. The Hall–Kier alpha value is -2.87. The van der Waals surface area contributed by atoms with Crippen LogP contribution in [-0.2, 0) is 15.0 Å². The highest BCUT2D eigenvalue weighted by Gasteiger charge is 2.41. The minimum atomic E-state index is -4.52. The molecule has 0 radical (unpaired) electrons. The first-order valence-corrected chi connectivity index (χ1v) is 10.6. The lowest BCUT2D eigenvalue weighted by Gasteiger charge is -2.39. The van der Waals surface area contributed by atoms with Gasteiger partial charge >= 0.3 is 6.18 Å². The van der Waals surface area contributed by atoms with E-state index in [1.807, 2.05) is 44.2 Å². The van der Waals surface area contributed by atoms with Crippen molar-refractivity contribution in [2.24, 2.45) is 0 Å². The second kappa shape index (κ2) is 9.73. The first kappa shape index (κ1) is 23.8. The lowest BCUT2D eigenvalue weighted by molar-refractivity contribution is -0.159. The number of alkyl halides is 3. The molecule has 1 unspecified atom stereocenters. The summed E-state index contributed by atoms with van der Waals surface area (Å²) < 4.78 is 40.4. The van der Waals surface area contributed by atoms with Gasteiger partial charge in [0.1, 0.15) is 6.04 Å². The highest BCUT2D eigenvalue weighted by Crippen LogP contribution is 2.32. The summed E-state index contributed by atoms with van der Waals surface area (Å²) in [5.41, 5.74) is 0.267. The quantitative estimate of drug-likeness (QED) is 0.737. The summed E-state index contributed by atoms with van der Waals surface area (Å²) in [6, 6.07) is 15.0. The third-order valence-electron chi connectivity index (χ3n) is 5.87. The molecule has 2 amide bonds. The maximum Gasteiger partial charge on any atom is 0.407 e. The zero-order valence-electron chi connectivity index (χ0n) is 18.2. The predicted octanol–water partition coefficient (Wildman–Crippen LogP) is 3.53. The van der Waals surface area contributed by atoms with Crippen LogP contribution in [0, 0.1) is 0 Å². The van der Waals surface area contributed by atoms with Gasteiger partial charge in [-0.2, -0.15) is 13.2 Å². The number of nitrogens with zero attached hydrogens (tertiary/aromatic N) is 2. The van der Waals surface area contributed by atoms with Crippen LogP contribution >= 0.6 is 0 Å². The zero-order chi connectivity index (χ0) is 23.4. The van der Waals surface area contributed by atoms with E-state index in [0.29, 0.717) is 26.2 Å². The molecule has 3 rings (SSSR count). The molecule has 0 aromatic heterocycles. The van der Waals surface area contributed by atoms with Crippen molar-refractivity contribution in [2.45, 2.75) is 31.5 Å². The summed E-state index contributed by atoms with van der Waals surface area (Å²) in [6.45, 7) is 4.59. The summed E-state index contributed by atoms with van der Waals surface area (Å²) in [7, 11) is 0. The second-order valence-corrected chi connectivity index (χ2v) is 8.43. The Labute approximate surface area is 186 Å². The monoisotopic (exact) mass is 447 g/mol. The fourth-order valence-electron chi connectivity index (χ4n) is 3.90. The van der Waals surface area contributed by atoms with Gasteiger partial charge in [-0.15, -0.1) is 0 Å². The number of carbonyl (C=O) groups is 2. The van der Waals surface area contributed by atoms with Crippen molar-refractivity contribution < 1.29 is 22.8 Å². The fraction of sp³-hybridized carbons (Fsp3) is 0.417. The van der Waals surface area contributed by atoms with Crippen molar-refractivity contribution in [3.63, 3.8) is 0 Å². The Morgan fingerprint density at radius 2 is 1.38 bits per heavy atom. The lowest BCUT2D eigenvalue weighted by atomic mass is 9.83. The standard InChI is InChI=1S/C24H28F3N3O2/c1-23(2,19-11-7-4-8-12-19)22(32)30-15-13-29(14-16-30)20(31)17-28-21(24(25,26)27)18-9-5-3-6-10-18/h3-12,21,28H,13-17H2,1-2H3. The number of benzene rings is 2. The molecular weight excluding hydrogens is 419 g/mol. The van der Waals surface area contributed by atoms with E-state index in [-0.39, 0.29) is 11.5 Å². The van der Waals surface area contributed by atoms with Gasteiger partial charge in [-0.05, 0) is 25.0 Å². The van der Waals surface area contributed by atoms with Crippen molar-refractivity contribution in [2.75, 3.05) is 32.7 Å². The van der Waals surface area contributed by atoms with E-state index in [2.05, 4.69) is 5.32 Å². The van der Waals surface area contributed by atoms with Gasteiger partial charge in [0.05, 0.1) is 12.0 Å². The van der Waals surface area contributed by atoms with E-state index in [0.717, 1.165) is 5.56 Å². The molecular formula is C24H28F3N3O2. The van der Waals surface area contributed by atoms with Crippen LogP contribution in [0.1, 0.15) is 31.0 Å². The highest BCUT2D eigenvalue weighted by atomic mass is 19.4. The fourth-order valence-corrected chi connectivity index (χ4v) is 3.90. The Bertz CT molecular complexity index is 909. The number of amides is 2. The number of hydrogen-bond donors (Lipinski definition) is 1. The molecule has 1 aliphatic rings. The first-order valence-electron chi connectivity index (χ1n) is 10.6. The molecule has 5 nitrogen and oxygen atoms in total. The van der Waals surface area contributed by atoms with E-state index >= 15 is 0 Å². The summed E-state index contributed by atoms with van der Waals surface area (Å²) in [5.74, 6) is -0.445. The lowest BCUT2D eigenvalue weighted by Crippen LogP contribution is -2.55.